The van der Waals surface area contributed by atoms with Crippen molar-refractivity contribution in [2.45, 2.75) is 76.4 Å². The molecule has 1 saturated carbocycles. The van der Waals surface area contributed by atoms with Gasteiger partial charge >= 0.3 is 0 Å². The molecule has 202 valence electrons. The number of thioether (sulfide) groups is 1. The lowest BCUT2D eigenvalue weighted by atomic mass is 9.87. The van der Waals surface area contributed by atoms with Crippen molar-refractivity contribution in [3.05, 3.63) is 72.6 Å². The molecule has 2 fully saturated rings. The number of carbonyl (C=O) groups excluding carboxylic acids is 3. The van der Waals surface area contributed by atoms with Crippen LogP contribution in [0.1, 0.15) is 70.0 Å². The molecule has 3 amide bonds. The van der Waals surface area contributed by atoms with Crippen LogP contribution in [0.2, 0.25) is 0 Å². The van der Waals surface area contributed by atoms with Crippen LogP contribution >= 0.6 is 11.8 Å². The van der Waals surface area contributed by atoms with Crippen molar-refractivity contribution in [3.63, 3.8) is 0 Å². The second-order valence-electron chi connectivity index (χ2n) is 11.1. The second kappa shape index (κ2) is 12.2. The number of hydrogen-bond donors (Lipinski definition) is 1. The minimum atomic E-state index is -0.926. The maximum Gasteiger partial charge on any atom is 0.251 e. The maximum absolute atomic E-state index is 14.4. The first-order valence-corrected chi connectivity index (χ1v) is 14.5. The van der Waals surface area contributed by atoms with Gasteiger partial charge in [-0.2, -0.15) is 0 Å². The maximum atomic E-state index is 14.4. The molecule has 2 atom stereocenters. The number of carbonyl (C=O) groups is 3. The van der Waals surface area contributed by atoms with Gasteiger partial charge in [-0.3, -0.25) is 24.3 Å². The smallest absolute Gasteiger partial charge is 0.251 e. The van der Waals surface area contributed by atoms with Gasteiger partial charge in [0, 0.05) is 35.4 Å². The highest BCUT2D eigenvalue weighted by molar-refractivity contribution is 7.99. The van der Waals surface area contributed by atoms with Gasteiger partial charge < -0.3 is 10.2 Å². The average Bonchev–Trinajstić information content (AvgIpc) is 3.41. The van der Waals surface area contributed by atoms with E-state index in [1.165, 1.54) is 29.2 Å². The Hall–Kier alpha value is -3.13. The van der Waals surface area contributed by atoms with Crippen LogP contribution in [0.5, 0.6) is 0 Å². The minimum Gasteiger partial charge on any atom is -0.351 e. The molecule has 2 aliphatic rings. The van der Waals surface area contributed by atoms with Gasteiger partial charge in [0.15, 0.2) is 0 Å². The first kappa shape index (κ1) is 27.9. The first-order valence-electron chi connectivity index (χ1n) is 13.4. The first-order chi connectivity index (χ1) is 18.2. The Morgan fingerprint density at radius 3 is 2.45 bits per heavy atom. The van der Waals surface area contributed by atoms with Crippen LogP contribution in [0.15, 0.2) is 61.4 Å². The minimum absolute atomic E-state index is 0.0657. The number of anilines is 1. The van der Waals surface area contributed by atoms with E-state index in [-0.39, 0.29) is 29.2 Å². The van der Waals surface area contributed by atoms with Gasteiger partial charge in [0.25, 0.3) is 5.91 Å². The number of aromatic nitrogens is 1. The van der Waals surface area contributed by atoms with E-state index in [0.29, 0.717) is 22.9 Å². The van der Waals surface area contributed by atoms with Crippen molar-refractivity contribution in [1.82, 2.24) is 15.2 Å². The summed E-state index contributed by atoms with van der Waals surface area (Å²) in [6.07, 6.45) is 9.74. The van der Waals surface area contributed by atoms with Gasteiger partial charge in [-0.05, 0) is 48.1 Å². The quantitative estimate of drug-likeness (QED) is 0.506. The van der Waals surface area contributed by atoms with E-state index in [2.05, 4.69) is 37.7 Å². The summed E-state index contributed by atoms with van der Waals surface area (Å²) in [5, 5.41) is 3.23. The normalized spacial score (nSPS) is 19.0. The van der Waals surface area contributed by atoms with Gasteiger partial charge in [0.1, 0.15) is 12.1 Å². The van der Waals surface area contributed by atoms with Crippen LogP contribution in [0.4, 0.5) is 5.69 Å². The zero-order chi connectivity index (χ0) is 27.3. The van der Waals surface area contributed by atoms with Crippen LogP contribution in [-0.2, 0) is 19.8 Å². The summed E-state index contributed by atoms with van der Waals surface area (Å²) in [5.41, 5.74) is 2.29. The van der Waals surface area contributed by atoms with Gasteiger partial charge in [-0.1, -0.05) is 64.8 Å². The number of amides is 3. The number of nitrogens with one attached hydrogen (secondary N) is 1. The molecule has 2 aromatic rings. The van der Waals surface area contributed by atoms with E-state index in [0.717, 1.165) is 31.2 Å². The van der Waals surface area contributed by atoms with Crippen molar-refractivity contribution < 1.29 is 14.4 Å². The third-order valence-corrected chi connectivity index (χ3v) is 8.34. The van der Waals surface area contributed by atoms with Crippen LogP contribution in [-0.4, -0.2) is 51.3 Å². The highest BCUT2D eigenvalue weighted by Gasteiger charge is 2.42. The monoisotopic (exact) mass is 534 g/mol. The van der Waals surface area contributed by atoms with Crippen LogP contribution < -0.4 is 10.2 Å². The number of rotatable bonds is 7. The molecule has 1 aliphatic carbocycles. The second-order valence-corrected chi connectivity index (χ2v) is 12.1. The third kappa shape index (κ3) is 6.29. The molecule has 8 heteroatoms. The molecule has 1 aromatic heterocycles. The van der Waals surface area contributed by atoms with Crippen molar-refractivity contribution in [1.29, 1.82) is 0 Å². The number of nitrogens with zero attached hydrogens (tertiary/aromatic N) is 3. The summed E-state index contributed by atoms with van der Waals surface area (Å²) in [6, 6.07) is 9.87. The Labute approximate surface area is 230 Å². The molecule has 0 spiro atoms. The molecule has 0 radical (unpaired) electrons. The predicted octanol–water partition coefficient (Wildman–Crippen LogP) is 4.99. The fourth-order valence-corrected chi connectivity index (χ4v) is 6.31. The zero-order valence-corrected chi connectivity index (χ0v) is 23.4. The molecule has 1 aromatic carbocycles. The summed E-state index contributed by atoms with van der Waals surface area (Å²) in [5.74, 6) is 0.0517. The molecule has 2 heterocycles. The van der Waals surface area contributed by atoms with Gasteiger partial charge in [0.2, 0.25) is 11.8 Å². The van der Waals surface area contributed by atoms with Crippen molar-refractivity contribution in [3.8, 4) is 0 Å². The molecule has 1 saturated heterocycles. The molecular formula is C30H38N4O3S. The average molecular weight is 535 g/mol. The SMILES string of the molecule is C=CC(=O)N1CSCC1C(=O)N(c1ccc(C(C)(C)C)cc1)C(C(=O)NC1CCCCC1)c1cccnc1. The molecule has 7 nitrogen and oxygen atoms in total. The van der Waals surface area contributed by atoms with E-state index in [1.807, 2.05) is 30.3 Å². The van der Waals surface area contributed by atoms with Crippen LogP contribution in [0, 0.1) is 0 Å². The summed E-state index contributed by atoms with van der Waals surface area (Å²) < 4.78 is 0. The van der Waals surface area contributed by atoms with Gasteiger partial charge in [0.05, 0.1) is 5.88 Å². The topological polar surface area (TPSA) is 82.6 Å². The van der Waals surface area contributed by atoms with Gasteiger partial charge in [-0.15, -0.1) is 11.8 Å². The lowest BCUT2D eigenvalue weighted by Gasteiger charge is -2.36. The molecule has 0 bridgehead atoms. The Morgan fingerprint density at radius 1 is 1.13 bits per heavy atom. The Morgan fingerprint density at radius 2 is 1.84 bits per heavy atom. The number of benzene rings is 1. The van der Waals surface area contributed by atoms with E-state index >= 15 is 0 Å². The lowest BCUT2D eigenvalue weighted by Crippen LogP contribution is -2.53. The van der Waals surface area contributed by atoms with E-state index in [4.69, 9.17) is 0 Å². The standard InChI is InChI=1S/C30H38N4O3S/c1-5-26(35)33-20-38-19-25(33)29(37)34(24-15-13-22(14-16-24)30(2,3)4)27(21-10-9-17-31-18-21)28(36)32-23-11-7-6-8-12-23/h5,9-10,13-18,23,25,27H,1,6-8,11-12,19-20H2,2-4H3,(H,32,36). The Balaban J connectivity index is 1.79. The van der Waals surface area contributed by atoms with Crippen molar-refractivity contribution in [2.24, 2.45) is 0 Å². The van der Waals surface area contributed by atoms with Crippen LogP contribution in [0.3, 0.4) is 0 Å². The summed E-state index contributed by atoms with van der Waals surface area (Å²) in [7, 11) is 0. The van der Waals surface area contributed by atoms with Crippen molar-refractivity contribution in [2.75, 3.05) is 16.5 Å². The van der Waals surface area contributed by atoms with Gasteiger partial charge in [-0.25, -0.2) is 0 Å². The zero-order valence-electron chi connectivity index (χ0n) is 22.6. The fourth-order valence-electron chi connectivity index (χ4n) is 5.15. The molecule has 1 aliphatic heterocycles. The fraction of sp³-hybridized carbons (Fsp3) is 0.467. The molecular weight excluding hydrogens is 496 g/mol. The Bertz CT molecular complexity index is 1140. The highest BCUT2D eigenvalue weighted by Crippen LogP contribution is 2.34. The third-order valence-electron chi connectivity index (χ3n) is 7.33. The number of hydrogen-bond acceptors (Lipinski definition) is 5. The molecule has 1 N–H and O–H groups in total. The lowest BCUT2D eigenvalue weighted by molar-refractivity contribution is -0.134. The van der Waals surface area contributed by atoms with Crippen molar-refractivity contribution >= 4 is 35.2 Å². The summed E-state index contributed by atoms with van der Waals surface area (Å²) >= 11 is 1.52. The summed E-state index contributed by atoms with van der Waals surface area (Å²) in [6.45, 7) is 10.0. The molecule has 4 rings (SSSR count). The largest absolute Gasteiger partial charge is 0.351 e. The summed E-state index contributed by atoms with van der Waals surface area (Å²) in [4.78, 5) is 48.4. The van der Waals surface area contributed by atoms with Crippen LogP contribution in [0.25, 0.3) is 0 Å². The molecule has 38 heavy (non-hydrogen) atoms. The van der Waals surface area contributed by atoms with E-state index in [1.54, 1.807) is 23.4 Å². The van der Waals surface area contributed by atoms with E-state index in [9.17, 15) is 14.4 Å². The highest BCUT2D eigenvalue weighted by atomic mass is 32.2. The van der Waals surface area contributed by atoms with E-state index < -0.39 is 12.1 Å². The predicted molar refractivity (Wildman–Crippen MR) is 153 cm³/mol. The molecule has 2 unspecified atom stereocenters. The Kier molecular flexibility index (Phi) is 8.92. The number of pyridine rings is 1.